The highest BCUT2D eigenvalue weighted by Crippen LogP contribution is 2.59. The van der Waals surface area contributed by atoms with E-state index in [-0.39, 0.29) is 29.8 Å². The minimum Gasteiger partial charge on any atom is -0.461 e. The zero-order chi connectivity index (χ0) is 18.6. The Balaban J connectivity index is 1.59. The van der Waals surface area contributed by atoms with Gasteiger partial charge in [0.1, 0.15) is 18.1 Å². The van der Waals surface area contributed by atoms with Crippen molar-refractivity contribution in [3.8, 4) is 11.5 Å². The predicted molar refractivity (Wildman–Crippen MR) is 105 cm³/mol. The first kappa shape index (κ1) is 18.5. The standard InChI is InChI=1S/C22H21BrO3/c1-22(2)19(12-7-13-23)20(22)21(24)25-15-16-8-6-11-18(14-16)26-17-9-4-3-5-10-17/h3-6,8-14,19-20H,15H2,1-2H3/t7?,19-,20+/m1/s1. The zero-order valence-electron chi connectivity index (χ0n) is 14.8. The number of ether oxygens (including phenoxy) is 2. The molecule has 0 heterocycles. The lowest BCUT2D eigenvalue weighted by Crippen LogP contribution is -2.10. The van der Waals surface area contributed by atoms with Gasteiger partial charge in [-0.25, -0.2) is 0 Å². The van der Waals surface area contributed by atoms with Crippen LogP contribution in [0.2, 0.25) is 0 Å². The average molecular weight is 413 g/mol. The van der Waals surface area contributed by atoms with Crippen LogP contribution in [0.15, 0.2) is 71.4 Å². The van der Waals surface area contributed by atoms with Crippen LogP contribution in [0.3, 0.4) is 0 Å². The summed E-state index contributed by atoms with van der Waals surface area (Å²) in [5.41, 5.74) is 3.81. The molecule has 2 aromatic rings. The van der Waals surface area contributed by atoms with E-state index >= 15 is 0 Å². The van der Waals surface area contributed by atoms with Crippen molar-refractivity contribution >= 4 is 21.9 Å². The number of halogens is 1. The van der Waals surface area contributed by atoms with Gasteiger partial charge in [0.2, 0.25) is 0 Å². The smallest absolute Gasteiger partial charge is 0.310 e. The Morgan fingerprint density at radius 2 is 1.88 bits per heavy atom. The topological polar surface area (TPSA) is 35.5 Å². The molecule has 0 aliphatic heterocycles. The SMILES string of the molecule is CC1(C)[C@H](C=C=CBr)[C@H]1C(=O)OCc1cccc(Oc2ccccc2)c1. The number of allylic oxidation sites excluding steroid dienone is 1. The van der Waals surface area contributed by atoms with Crippen LogP contribution in [0.4, 0.5) is 0 Å². The first-order valence-corrected chi connectivity index (χ1v) is 9.43. The lowest BCUT2D eigenvalue weighted by atomic mass is 10.1. The molecule has 0 saturated heterocycles. The summed E-state index contributed by atoms with van der Waals surface area (Å²) >= 11 is 3.20. The van der Waals surface area contributed by atoms with E-state index < -0.39 is 0 Å². The normalized spacial score (nSPS) is 19.8. The van der Waals surface area contributed by atoms with Crippen LogP contribution in [0, 0.1) is 17.3 Å². The molecule has 2 atom stereocenters. The van der Waals surface area contributed by atoms with E-state index in [1.807, 2.05) is 60.7 Å². The van der Waals surface area contributed by atoms with Crippen LogP contribution in [-0.2, 0) is 16.1 Å². The molecule has 1 aliphatic rings. The number of carbonyl (C=O) groups is 1. The predicted octanol–water partition coefficient (Wildman–Crippen LogP) is 5.86. The summed E-state index contributed by atoms with van der Waals surface area (Å²) in [6, 6.07) is 17.2. The minimum atomic E-state index is -0.165. The molecular weight excluding hydrogens is 392 g/mol. The Morgan fingerprint density at radius 1 is 1.15 bits per heavy atom. The molecular formula is C22H21BrO3. The van der Waals surface area contributed by atoms with Crippen molar-refractivity contribution in [3.05, 3.63) is 77.0 Å². The fourth-order valence-corrected chi connectivity index (χ4v) is 3.30. The second kappa shape index (κ2) is 7.94. The highest BCUT2D eigenvalue weighted by molar-refractivity contribution is 9.11. The number of esters is 1. The van der Waals surface area contributed by atoms with Gasteiger partial charge in [-0.15, -0.1) is 5.73 Å². The van der Waals surface area contributed by atoms with Crippen molar-refractivity contribution in [3.63, 3.8) is 0 Å². The lowest BCUT2D eigenvalue weighted by Gasteiger charge is -2.09. The minimum absolute atomic E-state index is 0.0850. The van der Waals surface area contributed by atoms with Crippen molar-refractivity contribution in [1.82, 2.24) is 0 Å². The van der Waals surface area contributed by atoms with E-state index in [1.54, 1.807) is 4.99 Å². The third-order valence-corrected chi connectivity index (χ3v) is 5.03. The van der Waals surface area contributed by atoms with Gasteiger partial charge in [-0.05, 0) is 41.3 Å². The summed E-state index contributed by atoms with van der Waals surface area (Å²) in [5.74, 6) is 1.38. The van der Waals surface area contributed by atoms with Gasteiger partial charge in [0.25, 0.3) is 0 Å². The number of para-hydroxylation sites is 1. The van der Waals surface area contributed by atoms with E-state index in [1.165, 1.54) is 0 Å². The monoisotopic (exact) mass is 412 g/mol. The highest BCUT2D eigenvalue weighted by atomic mass is 79.9. The zero-order valence-corrected chi connectivity index (χ0v) is 16.4. The van der Waals surface area contributed by atoms with Crippen LogP contribution in [-0.4, -0.2) is 5.97 Å². The summed E-state index contributed by atoms with van der Waals surface area (Å²) in [4.78, 5) is 14.1. The summed E-state index contributed by atoms with van der Waals surface area (Å²) < 4.78 is 11.4. The van der Waals surface area contributed by atoms with E-state index in [0.717, 1.165) is 17.1 Å². The number of rotatable bonds is 6. The van der Waals surface area contributed by atoms with Gasteiger partial charge in [-0.2, -0.15) is 0 Å². The second-order valence-corrected chi connectivity index (χ2v) is 7.40. The van der Waals surface area contributed by atoms with Crippen molar-refractivity contribution < 1.29 is 14.3 Å². The fraction of sp³-hybridized carbons (Fsp3) is 0.273. The number of hydrogen-bond acceptors (Lipinski definition) is 3. The summed E-state index contributed by atoms with van der Waals surface area (Å²) in [6.45, 7) is 4.39. The van der Waals surface area contributed by atoms with Gasteiger partial charge >= 0.3 is 5.97 Å². The number of benzene rings is 2. The molecule has 0 spiro atoms. The Hall–Kier alpha value is -2.29. The quantitative estimate of drug-likeness (QED) is 0.440. The Morgan fingerprint density at radius 3 is 2.62 bits per heavy atom. The molecule has 0 bridgehead atoms. The molecule has 4 heteroatoms. The van der Waals surface area contributed by atoms with Crippen LogP contribution in [0.25, 0.3) is 0 Å². The molecule has 0 radical (unpaired) electrons. The van der Waals surface area contributed by atoms with Gasteiger partial charge < -0.3 is 9.47 Å². The van der Waals surface area contributed by atoms with Crippen molar-refractivity contribution in [2.75, 3.05) is 0 Å². The van der Waals surface area contributed by atoms with Gasteiger partial charge in [-0.1, -0.05) is 60.1 Å². The number of carbonyl (C=O) groups excluding carboxylic acids is 1. The second-order valence-electron chi connectivity index (χ2n) is 6.94. The summed E-state index contributed by atoms with van der Waals surface area (Å²) in [6.07, 6.45) is 1.93. The van der Waals surface area contributed by atoms with Crippen molar-refractivity contribution in [2.45, 2.75) is 20.5 Å². The molecule has 0 aromatic heterocycles. The Bertz CT molecular complexity index is 835. The van der Waals surface area contributed by atoms with Crippen LogP contribution in [0.1, 0.15) is 19.4 Å². The molecule has 1 aliphatic carbocycles. The van der Waals surface area contributed by atoms with Crippen molar-refractivity contribution in [1.29, 1.82) is 0 Å². The average Bonchev–Trinajstić information content (AvgIpc) is 3.19. The van der Waals surface area contributed by atoms with Crippen molar-refractivity contribution in [2.24, 2.45) is 17.3 Å². The van der Waals surface area contributed by atoms with Gasteiger partial charge in [-0.3, -0.25) is 4.79 Å². The largest absolute Gasteiger partial charge is 0.461 e. The van der Waals surface area contributed by atoms with Crippen LogP contribution < -0.4 is 4.74 Å². The Kier molecular flexibility index (Phi) is 5.65. The Labute approximate surface area is 162 Å². The molecule has 0 unspecified atom stereocenters. The van der Waals surface area contributed by atoms with Gasteiger partial charge in [0, 0.05) is 10.9 Å². The molecule has 1 fully saturated rings. The third kappa shape index (κ3) is 4.27. The molecule has 134 valence electrons. The molecule has 0 N–H and O–H groups in total. The number of hydrogen-bond donors (Lipinski definition) is 0. The third-order valence-electron chi connectivity index (χ3n) is 4.76. The van der Waals surface area contributed by atoms with E-state index in [4.69, 9.17) is 9.47 Å². The maximum Gasteiger partial charge on any atom is 0.310 e. The summed E-state index contributed by atoms with van der Waals surface area (Å²) in [7, 11) is 0. The molecule has 1 saturated carbocycles. The first-order valence-electron chi connectivity index (χ1n) is 8.52. The maximum atomic E-state index is 12.4. The maximum absolute atomic E-state index is 12.4. The first-order chi connectivity index (χ1) is 12.5. The van der Waals surface area contributed by atoms with Crippen LogP contribution >= 0.6 is 15.9 Å². The van der Waals surface area contributed by atoms with E-state index in [2.05, 4.69) is 35.5 Å². The highest BCUT2D eigenvalue weighted by Gasteiger charge is 2.61. The lowest BCUT2D eigenvalue weighted by molar-refractivity contribution is -0.147. The van der Waals surface area contributed by atoms with Gasteiger partial charge in [0.05, 0.1) is 5.92 Å². The molecule has 2 aromatic carbocycles. The van der Waals surface area contributed by atoms with Gasteiger partial charge in [0.15, 0.2) is 0 Å². The van der Waals surface area contributed by atoms with E-state index in [9.17, 15) is 4.79 Å². The molecule has 26 heavy (non-hydrogen) atoms. The van der Waals surface area contributed by atoms with Crippen LogP contribution in [0.5, 0.6) is 11.5 Å². The molecule has 3 rings (SSSR count). The van der Waals surface area contributed by atoms with E-state index in [0.29, 0.717) is 0 Å². The molecule has 3 nitrogen and oxygen atoms in total. The fourth-order valence-electron chi connectivity index (χ4n) is 3.15. The summed E-state index contributed by atoms with van der Waals surface area (Å²) in [5, 5.41) is 0. The molecule has 0 amide bonds.